The van der Waals surface area contributed by atoms with E-state index in [0.29, 0.717) is 27.9 Å². The second-order valence-corrected chi connectivity index (χ2v) is 7.47. The first kappa shape index (κ1) is 19.7. The average Bonchev–Trinajstić information content (AvgIpc) is 2.84. The molecule has 0 spiro atoms. The Bertz CT molecular complexity index is 713. The van der Waals surface area contributed by atoms with Crippen LogP contribution in [0, 0.1) is 0 Å². The smallest absolute Gasteiger partial charge is 0.253 e. The number of nitrogens with zero attached hydrogens (tertiary/aromatic N) is 1. The van der Waals surface area contributed by atoms with Crippen molar-refractivity contribution in [2.75, 3.05) is 6.54 Å². The number of carbonyl (C=O) groups is 1. The van der Waals surface area contributed by atoms with Gasteiger partial charge in [0.1, 0.15) is 5.76 Å². The lowest BCUT2D eigenvalue weighted by molar-refractivity contribution is -0.118. The van der Waals surface area contributed by atoms with E-state index in [1.54, 1.807) is 6.07 Å². The zero-order valence-electron chi connectivity index (χ0n) is 14.8. The van der Waals surface area contributed by atoms with E-state index in [1.165, 1.54) is 0 Å². The van der Waals surface area contributed by atoms with Gasteiger partial charge in [-0.2, -0.15) is 0 Å². The molecule has 1 aliphatic heterocycles. The summed E-state index contributed by atoms with van der Waals surface area (Å²) in [4.78, 5) is 14.4. The minimum absolute atomic E-state index is 0.0112. The quantitative estimate of drug-likeness (QED) is 0.762. The number of aliphatic hydroxyl groups is 1. The summed E-state index contributed by atoms with van der Waals surface area (Å²) in [5.41, 5.74) is 1.95. The highest BCUT2D eigenvalue weighted by molar-refractivity contribution is 6.42. The van der Waals surface area contributed by atoms with E-state index in [4.69, 9.17) is 23.2 Å². The van der Waals surface area contributed by atoms with Crippen LogP contribution in [-0.2, 0) is 11.2 Å². The van der Waals surface area contributed by atoms with Gasteiger partial charge in [-0.25, -0.2) is 0 Å². The van der Waals surface area contributed by atoms with Crippen LogP contribution in [0.15, 0.2) is 41.8 Å². The fourth-order valence-corrected chi connectivity index (χ4v) is 3.11. The van der Waals surface area contributed by atoms with Crippen LogP contribution in [0.5, 0.6) is 0 Å². The number of amides is 1. The van der Waals surface area contributed by atoms with Crippen LogP contribution in [0.2, 0.25) is 10.0 Å². The van der Waals surface area contributed by atoms with Gasteiger partial charge in [-0.3, -0.25) is 4.79 Å². The molecule has 0 fully saturated rings. The molecule has 1 aromatic rings. The maximum absolute atomic E-state index is 12.5. The Morgan fingerprint density at radius 1 is 1.32 bits per heavy atom. The zero-order valence-corrected chi connectivity index (χ0v) is 16.3. The van der Waals surface area contributed by atoms with E-state index >= 15 is 0 Å². The Morgan fingerprint density at radius 2 is 2.00 bits per heavy atom. The van der Waals surface area contributed by atoms with E-state index in [0.717, 1.165) is 18.4 Å². The lowest BCUT2D eigenvalue weighted by atomic mass is 10.1. The first-order valence-corrected chi connectivity index (χ1v) is 9.09. The molecular formula is C19H24Cl2N2O2. The van der Waals surface area contributed by atoms with Gasteiger partial charge in [0.2, 0.25) is 0 Å². The van der Waals surface area contributed by atoms with Crippen LogP contribution in [0.25, 0.3) is 0 Å². The normalized spacial score (nSPS) is 15.9. The molecule has 2 rings (SSSR count). The molecule has 0 radical (unpaired) electrons. The van der Waals surface area contributed by atoms with Crippen molar-refractivity contribution < 1.29 is 9.90 Å². The largest absolute Gasteiger partial charge is 0.505 e. The summed E-state index contributed by atoms with van der Waals surface area (Å²) in [6.07, 6.45) is 1.53. The van der Waals surface area contributed by atoms with E-state index in [1.807, 2.05) is 37.8 Å². The van der Waals surface area contributed by atoms with Gasteiger partial charge in [0.15, 0.2) is 0 Å². The van der Waals surface area contributed by atoms with Crippen molar-refractivity contribution in [2.24, 2.45) is 0 Å². The highest BCUT2D eigenvalue weighted by Crippen LogP contribution is 2.27. The minimum Gasteiger partial charge on any atom is -0.505 e. The van der Waals surface area contributed by atoms with Gasteiger partial charge >= 0.3 is 0 Å². The highest BCUT2D eigenvalue weighted by atomic mass is 35.5. The fraction of sp³-hybridized carbons (Fsp3) is 0.421. The number of aliphatic hydroxyl groups excluding tert-OH is 1. The van der Waals surface area contributed by atoms with Crippen LogP contribution in [-0.4, -0.2) is 34.5 Å². The fourth-order valence-electron chi connectivity index (χ4n) is 2.79. The third-order valence-electron chi connectivity index (χ3n) is 4.36. The highest BCUT2D eigenvalue weighted by Gasteiger charge is 2.31. The number of hydrogen-bond donors (Lipinski definition) is 2. The molecule has 1 unspecified atom stereocenters. The Balaban J connectivity index is 1.92. The number of carbonyl (C=O) groups excluding carboxylic acids is 1. The van der Waals surface area contributed by atoms with Crippen molar-refractivity contribution in [3.63, 3.8) is 0 Å². The molecule has 4 nitrogen and oxygen atoms in total. The Labute approximate surface area is 159 Å². The third-order valence-corrected chi connectivity index (χ3v) is 5.10. The molecule has 1 aliphatic rings. The molecule has 2 N–H and O–H groups in total. The Morgan fingerprint density at radius 3 is 2.56 bits per heavy atom. The molecule has 6 heteroatoms. The Hall–Kier alpha value is -1.65. The van der Waals surface area contributed by atoms with Crippen molar-refractivity contribution in [1.82, 2.24) is 10.2 Å². The second-order valence-electron chi connectivity index (χ2n) is 6.66. The molecule has 1 heterocycles. The van der Waals surface area contributed by atoms with Gasteiger partial charge in [0, 0.05) is 12.1 Å². The molecule has 0 aliphatic carbocycles. The predicted octanol–water partition coefficient (Wildman–Crippen LogP) is 4.48. The second kappa shape index (κ2) is 8.15. The molecule has 0 saturated heterocycles. The zero-order chi connectivity index (χ0) is 18.7. The number of halogens is 2. The molecule has 1 aromatic carbocycles. The van der Waals surface area contributed by atoms with Crippen molar-refractivity contribution in [1.29, 1.82) is 0 Å². The van der Waals surface area contributed by atoms with Crippen molar-refractivity contribution in [2.45, 2.75) is 45.7 Å². The number of benzene rings is 1. The standard InChI is InChI=1S/C19H24Cl2N2O2/c1-11(2)23-10-15(18(24)13(23)4)19(25)22-12(3)5-6-14-7-8-16(20)17(21)9-14/h7-9,11-12,24H,4-6,10H2,1-3H3,(H,22,25). The molecule has 136 valence electrons. The molecule has 25 heavy (non-hydrogen) atoms. The topological polar surface area (TPSA) is 52.6 Å². The molecular weight excluding hydrogens is 359 g/mol. The summed E-state index contributed by atoms with van der Waals surface area (Å²) in [7, 11) is 0. The summed E-state index contributed by atoms with van der Waals surface area (Å²) >= 11 is 11.9. The van der Waals surface area contributed by atoms with Crippen LogP contribution < -0.4 is 5.32 Å². The van der Waals surface area contributed by atoms with E-state index in [-0.39, 0.29) is 23.8 Å². The number of rotatable bonds is 6. The first-order valence-electron chi connectivity index (χ1n) is 8.33. The monoisotopic (exact) mass is 382 g/mol. The van der Waals surface area contributed by atoms with Gasteiger partial charge in [0.25, 0.3) is 5.91 Å². The summed E-state index contributed by atoms with van der Waals surface area (Å²) in [6.45, 7) is 10.2. The van der Waals surface area contributed by atoms with Crippen LogP contribution in [0.3, 0.4) is 0 Å². The maximum Gasteiger partial charge on any atom is 0.253 e. The maximum atomic E-state index is 12.5. The number of hydrogen-bond acceptors (Lipinski definition) is 3. The third kappa shape index (κ3) is 4.71. The van der Waals surface area contributed by atoms with E-state index < -0.39 is 0 Å². The van der Waals surface area contributed by atoms with Crippen LogP contribution in [0.1, 0.15) is 32.8 Å². The molecule has 0 aromatic heterocycles. The molecule has 1 atom stereocenters. The minimum atomic E-state index is -0.247. The average molecular weight is 383 g/mol. The van der Waals surface area contributed by atoms with Crippen LogP contribution in [0.4, 0.5) is 0 Å². The summed E-state index contributed by atoms with van der Waals surface area (Å²) < 4.78 is 0. The lowest BCUT2D eigenvalue weighted by Gasteiger charge is -2.24. The van der Waals surface area contributed by atoms with Gasteiger partial charge in [-0.1, -0.05) is 35.8 Å². The van der Waals surface area contributed by atoms with E-state index in [9.17, 15) is 9.90 Å². The van der Waals surface area contributed by atoms with Gasteiger partial charge < -0.3 is 15.3 Å². The van der Waals surface area contributed by atoms with E-state index in [2.05, 4.69) is 11.9 Å². The SMILES string of the molecule is C=C1C(O)=C(C(=O)NC(C)CCc2ccc(Cl)c(Cl)c2)CN1C(C)C. The molecule has 1 amide bonds. The van der Waals surface area contributed by atoms with Crippen molar-refractivity contribution in [3.05, 3.63) is 57.4 Å². The van der Waals surface area contributed by atoms with Crippen molar-refractivity contribution in [3.8, 4) is 0 Å². The molecule has 0 saturated carbocycles. The van der Waals surface area contributed by atoms with Crippen LogP contribution >= 0.6 is 23.2 Å². The summed E-state index contributed by atoms with van der Waals surface area (Å²) in [5.74, 6) is -0.258. The van der Waals surface area contributed by atoms with Gasteiger partial charge in [-0.05, 0) is 51.3 Å². The first-order chi connectivity index (χ1) is 11.7. The Kier molecular flexibility index (Phi) is 6.42. The lowest BCUT2D eigenvalue weighted by Crippen LogP contribution is -2.36. The van der Waals surface area contributed by atoms with Gasteiger partial charge in [-0.15, -0.1) is 0 Å². The summed E-state index contributed by atoms with van der Waals surface area (Å²) in [6, 6.07) is 5.68. The summed E-state index contributed by atoms with van der Waals surface area (Å²) in [5, 5.41) is 14.2. The van der Waals surface area contributed by atoms with Crippen molar-refractivity contribution >= 4 is 29.1 Å². The molecule has 0 bridgehead atoms. The predicted molar refractivity (Wildman–Crippen MR) is 103 cm³/mol. The number of aryl methyl sites for hydroxylation is 1. The number of nitrogens with one attached hydrogen (secondary N) is 1. The van der Waals surface area contributed by atoms with Gasteiger partial charge in [0.05, 0.1) is 27.9 Å².